The lowest BCUT2D eigenvalue weighted by atomic mass is 10.2. The minimum Gasteiger partial charge on any atom is -0.493 e. The molecule has 4 aromatic rings. The summed E-state index contributed by atoms with van der Waals surface area (Å²) in [5.74, 6) is 2.29. The van der Waals surface area contributed by atoms with Crippen molar-refractivity contribution >= 4 is 34.2 Å². The van der Waals surface area contributed by atoms with Crippen LogP contribution in [0.2, 0.25) is 0 Å². The van der Waals surface area contributed by atoms with E-state index in [0.717, 1.165) is 16.6 Å². The van der Waals surface area contributed by atoms with E-state index in [-0.39, 0.29) is 0 Å². The van der Waals surface area contributed by atoms with E-state index in [0.29, 0.717) is 34.8 Å². The number of ether oxygens (including phenoxy) is 3. The van der Waals surface area contributed by atoms with E-state index in [1.54, 1.807) is 39.7 Å². The maximum atomic E-state index is 5.38. The van der Waals surface area contributed by atoms with Crippen LogP contribution >= 0.6 is 0 Å². The second-order valence-corrected chi connectivity index (χ2v) is 6.18. The van der Waals surface area contributed by atoms with Gasteiger partial charge in [0, 0.05) is 29.4 Å². The lowest BCUT2D eigenvalue weighted by Crippen LogP contribution is -2.04. The Bertz CT molecular complexity index is 1150. The van der Waals surface area contributed by atoms with Gasteiger partial charge in [-0.25, -0.2) is 9.97 Å². The molecule has 0 saturated heterocycles. The number of methoxy groups -OCH3 is 3. The van der Waals surface area contributed by atoms with E-state index in [1.807, 2.05) is 30.3 Å². The molecule has 0 spiro atoms. The van der Waals surface area contributed by atoms with Gasteiger partial charge in [-0.3, -0.25) is 4.98 Å². The number of aromatic nitrogens is 4. The van der Waals surface area contributed by atoms with E-state index < -0.39 is 0 Å². The Labute approximate surface area is 173 Å². The van der Waals surface area contributed by atoms with Crippen LogP contribution < -0.4 is 24.8 Å². The molecule has 0 amide bonds. The summed E-state index contributed by atoms with van der Waals surface area (Å²) in [5.41, 5.74) is 2.31. The van der Waals surface area contributed by atoms with Gasteiger partial charge in [-0.15, -0.1) is 0 Å². The van der Waals surface area contributed by atoms with Crippen LogP contribution in [0.4, 0.5) is 23.3 Å². The zero-order chi connectivity index (χ0) is 20.9. The predicted molar refractivity (Wildman–Crippen MR) is 114 cm³/mol. The molecule has 2 N–H and O–H groups in total. The van der Waals surface area contributed by atoms with E-state index in [9.17, 15) is 0 Å². The topological polar surface area (TPSA) is 103 Å². The molecule has 2 aromatic carbocycles. The highest BCUT2D eigenvalue weighted by Crippen LogP contribution is 2.40. The Morgan fingerprint density at radius 1 is 0.767 bits per heavy atom. The Kier molecular flexibility index (Phi) is 5.42. The summed E-state index contributed by atoms with van der Waals surface area (Å²) in [6.07, 6.45) is 3.17. The van der Waals surface area contributed by atoms with Gasteiger partial charge in [-0.2, -0.15) is 4.98 Å². The summed E-state index contributed by atoms with van der Waals surface area (Å²) >= 11 is 0. The SMILES string of the molecule is COc1cc(Nc2ncnc(Nc3cccc4cccnc34)n2)cc(OC)c1OC. The highest BCUT2D eigenvalue weighted by Gasteiger charge is 2.14. The van der Waals surface area contributed by atoms with Crippen LogP contribution in [0, 0.1) is 0 Å². The summed E-state index contributed by atoms with van der Waals surface area (Å²) in [4.78, 5) is 17.3. The monoisotopic (exact) mass is 404 g/mol. The van der Waals surface area contributed by atoms with Gasteiger partial charge in [0.2, 0.25) is 17.6 Å². The van der Waals surface area contributed by atoms with Crippen molar-refractivity contribution in [2.75, 3.05) is 32.0 Å². The minimum atomic E-state index is 0.356. The van der Waals surface area contributed by atoms with Crippen molar-refractivity contribution in [3.05, 3.63) is 55.0 Å². The summed E-state index contributed by atoms with van der Waals surface area (Å²) in [6, 6.07) is 13.3. The third-order valence-electron chi connectivity index (χ3n) is 4.37. The molecule has 4 rings (SSSR count). The van der Waals surface area contributed by atoms with Crippen molar-refractivity contribution < 1.29 is 14.2 Å². The standard InChI is InChI=1S/C21H20N6O3/c1-28-16-10-14(11-17(29-2)19(16)30-3)25-20-23-12-24-21(27-20)26-15-8-4-6-13-7-5-9-22-18(13)15/h4-12H,1-3H3,(H2,23,24,25,26,27). The average molecular weight is 404 g/mol. The van der Waals surface area contributed by atoms with Crippen LogP contribution in [-0.4, -0.2) is 41.3 Å². The largest absolute Gasteiger partial charge is 0.493 e. The molecule has 0 unspecified atom stereocenters. The van der Waals surface area contributed by atoms with E-state index in [2.05, 4.69) is 30.6 Å². The van der Waals surface area contributed by atoms with Gasteiger partial charge in [-0.05, 0) is 12.1 Å². The zero-order valence-electron chi connectivity index (χ0n) is 16.7. The first-order valence-electron chi connectivity index (χ1n) is 9.08. The number of fused-ring (bicyclic) bond motifs is 1. The molecule has 0 aliphatic rings. The number of hydrogen-bond donors (Lipinski definition) is 2. The first kappa shape index (κ1) is 19.2. The number of benzene rings is 2. The normalized spacial score (nSPS) is 10.5. The first-order chi connectivity index (χ1) is 14.7. The minimum absolute atomic E-state index is 0.356. The van der Waals surface area contributed by atoms with Gasteiger partial charge < -0.3 is 24.8 Å². The maximum absolute atomic E-state index is 5.38. The van der Waals surface area contributed by atoms with Crippen molar-refractivity contribution in [1.82, 2.24) is 19.9 Å². The Balaban J connectivity index is 1.61. The fraction of sp³-hybridized carbons (Fsp3) is 0.143. The molecule has 0 fully saturated rings. The fourth-order valence-corrected chi connectivity index (χ4v) is 3.02. The number of anilines is 4. The van der Waals surface area contributed by atoms with Crippen LogP contribution in [0.5, 0.6) is 17.2 Å². The molecule has 152 valence electrons. The van der Waals surface area contributed by atoms with Crippen LogP contribution in [0.3, 0.4) is 0 Å². The van der Waals surface area contributed by atoms with Crippen molar-refractivity contribution in [2.24, 2.45) is 0 Å². The molecule has 0 atom stereocenters. The predicted octanol–water partition coefficient (Wildman–Crippen LogP) is 3.93. The summed E-state index contributed by atoms with van der Waals surface area (Å²) in [5, 5.41) is 7.36. The Hall–Kier alpha value is -4.14. The molecule has 2 aromatic heterocycles. The number of hydrogen-bond acceptors (Lipinski definition) is 9. The number of nitrogens with zero attached hydrogens (tertiary/aromatic N) is 4. The lowest BCUT2D eigenvalue weighted by Gasteiger charge is -2.14. The number of rotatable bonds is 7. The molecule has 30 heavy (non-hydrogen) atoms. The zero-order valence-corrected chi connectivity index (χ0v) is 16.7. The molecule has 0 saturated carbocycles. The van der Waals surface area contributed by atoms with Crippen molar-refractivity contribution in [3.63, 3.8) is 0 Å². The summed E-state index contributed by atoms with van der Waals surface area (Å²) < 4.78 is 16.1. The smallest absolute Gasteiger partial charge is 0.232 e. The summed E-state index contributed by atoms with van der Waals surface area (Å²) in [6.45, 7) is 0. The molecule has 0 aliphatic heterocycles. The highest BCUT2D eigenvalue weighted by molar-refractivity contribution is 5.91. The number of nitrogens with one attached hydrogen (secondary N) is 2. The van der Waals surface area contributed by atoms with Gasteiger partial charge in [0.05, 0.1) is 32.5 Å². The van der Waals surface area contributed by atoms with Crippen LogP contribution in [0.25, 0.3) is 10.9 Å². The van der Waals surface area contributed by atoms with Gasteiger partial charge in [0.15, 0.2) is 11.5 Å². The first-order valence-corrected chi connectivity index (χ1v) is 9.08. The maximum Gasteiger partial charge on any atom is 0.232 e. The van der Waals surface area contributed by atoms with Gasteiger partial charge in [0.1, 0.15) is 6.33 Å². The van der Waals surface area contributed by atoms with Crippen molar-refractivity contribution in [3.8, 4) is 17.2 Å². The molecule has 2 heterocycles. The molecular formula is C21H20N6O3. The second kappa shape index (κ2) is 8.48. The van der Waals surface area contributed by atoms with Crippen LogP contribution in [-0.2, 0) is 0 Å². The molecule has 9 nitrogen and oxygen atoms in total. The van der Waals surface area contributed by atoms with E-state index >= 15 is 0 Å². The van der Waals surface area contributed by atoms with E-state index in [4.69, 9.17) is 14.2 Å². The van der Waals surface area contributed by atoms with Gasteiger partial charge in [-0.1, -0.05) is 18.2 Å². The molecule has 0 aliphatic carbocycles. The quantitative estimate of drug-likeness (QED) is 0.474. The fourth-order valence-electron chi connectivity index (χ4n) is 3.02. The third-order valence-corrected chi connectivity index (χ3v) is 4.37. The van der Waals surface area contributed by atoms with Crippen LogP contribution in [0.15, 0.2) is 55.0 Å². The average Bonchev–Trinajstić information content (AvgIpc) is 2.79. The molecular weight excluding hydrogens is 384 g/mol. The molecule has 0 radical (unpaired) electrons. The Morgan fingerprint density at radius 3 is 2.17 bits per heavy atom. The summed E-state index contributed by atoms with van der Waals surface area (Å²) in [7, 11) is 4.67. The number of para-hydroxylation sites is 1. The second-order valence-electron chi connectivity index (χ2n) is 6.18. The van der Waals surface area contributed by atoms with E-state index in [1.165, 1.54) is 6.33 Å². The highest BCUT2D eigenvalue weighted by atomic mass is 16.5. The third kappa shape index (κ3) is 3.86. The van der Waals surface area contributed by atoms with Gasteiger partial charge >= 0.3 is 0 Å². The molecule has 9 heteroatoms. The lowest BCUT2D eigenvalue weighted by molar-refractivity contribution is 0.324. The number of pyridine rings is 1. The van der Waals surface area contributed by atoms with Crippen molar-refractivity contribution in [1.29, 1.82) is 0 Å². The molecule has 0 bridgehead atoms. The Morgan fingerprint density at radius 2 is 1.47 bits per heavy atom. The van der Waals surface area contributed by atoms with Crippen LogP contribution in [0.1, 0.15) is 0 Å². The van der Waals surface area contributed by atoms with Gasteiger partial charge in [0.25, 0.3) is 0 Å². The van der Waals surface area contributed by atoms with Crippen molar-refractivity contribution in [2.45, 2.75) is 0 Å².